The molecule has 3 aromatic rings. The van der Waals surface area contributed by atoms with Crippen molar-refractivity contribution in [3.05, 3.63) is 52.6 Å². The van der Waals surface area contributed by atoms with Crippen LogP contribution in [0.25, 0.3) is 22.2 Å². The average Bonchev–Trinajstić information content (AvgIpc) is 2.85. The van der Waals surface area contributed by atoms with Crippen LogP contribution in [-0.2, 0) is 0 Å². The van der Waals surface area contributed by atoms with Crippen molar-refractivity contribution in [1.82, 2.24) is 4.98 Å². The van der Waals surface area contributed by atoms with Crippen molar-refractivity contribution in [2.45, 2.75) is 20.8 Å². The van der Waals surface area contributed by atoms with Gasteiger partial charge in [-0.15, -0.1) is 0 Å². The summed E-state index contributed by atoms with van der Waals surface area (Å²) in [5.74, 6) is 0.847. The van der Waals surface area contributed by atoms with Gasteiger partial charge in [0.2, 0.25) is 0 Å². The molecular formula is C19H19NO2. The molecule has 0 amide bonds. The number of H-pyrrole nitrogens is 1. The molecule has 0 aliphatic rings. The van der Waals surface area contributed by atoms with Crippen LogP contribution >= 0.6 is 0 Å². The van der Waals surface area contributed by atoms with E-state index in [1.807, 2.05) is 32.0 Å². The van der Waals surface area contributed by atoms with Gasteiger partial charge in [0.05, 0.1) is 12.8 Å². The van der Waals surface area contributed by atoms with Crippen LogP contribution in [0.4, 0.5) is 0 Å². The van der Waals surface area contributed by atoms with Crippen LogP contribution in [0.3, 0.4) is 0 Å². The third-order valence-electron chi connectivity index (χ3n) is 4.09. The van der Waals surface area contributed by atoms with E-state index >= 15 is 0 Å². The van der Waals surface area contributed by atoms with Crippen LogP contribution in [-0.4, -0.2) is 18.4 Å². The predicted octanol–water partition coefficient (Wildman–Crippen LogP) is 4.58. The molecule has 0 atom stereocenters. The van der Waals surface area contributed by atoms with Crippen molar-refractivity contribution < 1.29 is 9.53 Å². The first-order chi connectivity index (χ1) is 10.5. The van der Waals surface area contributed by atoms with Crippen molar-refractivity contribution in [2.24, 2.45) is 0 Å². The van der Waals surface area contributed by atoms with E-state index in [9.17, 15) is 4.79 Å². The van der Waals surface area contributed by atoms with Gasteiger partial charge in [-0.1, -0.05) is 11.6 Å². The molecule has 2 aromatic carbocycles. The molecule has 0 spiro atoms. The maximum Gasteiger partial charge on any atom is 0.152 e. The van der Waals surface area contributed by atoms with Crippen LogP contribution in [0.5, 0.6) is 5.75 Å². The highest BCUT2D eigenvalue weighted by molar-refractivity contribution is 6.05. The number of methoxy groups -OCH3 is 1. The standard InChI is InChI=1S/C19H19NO2/c1-11-7-13(3)18-15(8-11)16(10-21)19(20-18)14-5-6-17(22-4)12(2)9-14/h5-10,20H,1-4H3. The largest absolute Gasteiger partial charge is 0.496 e. The first kappa shape index (κ1) is 14.4. The number of rotatable bonds is 3. The van der Waals surface area contributed by atoms with E-state index in [-0.39, 0.29) is 0 Å². The van der Waals surface area contributed by atoms with Crippen molar-refractivity contribution in [1.29, 1.82) is 0 Å². The second-order valence-corrected chi connectivity index (χ2v) is 5.72. The van der Waals surface area contributed by atoms with Crippen LogP contribution in [0.2, 0.25) is 0 Å². The van der Waals surface area contributed by atoms with E-state index in [4.69, 9.17) is 4.74 Å². The summed E-state index contributed by atoms with van der Waals surface area (Å²) < 4.78 is 5.31. The third-order valence-corrected chi connectivity index (χ3v) is 4.09. The van der Waals surface area contributed by atoms with Gasteiger partial charge < -0.3 is 9.72 Å². The number of fused-ring (bicyclic) bond motifs is 1. The summed E-state index contributed by atoms with van der Waals surface area (Å²) in [5, 5.41) is 0.982. The maximum absolute atomic E-state index is 11.7. The first-order valence-corrected chi connectivity index (χ1v) is 7.28. The molecule has 112 valence electrons. The Bertz CT molecular complexity index is 875. The molecule has 1 N–H and O–H groups in total. The minimum Gasteiger partial charge on any atom is -0.496 e. The van der Waals surface area contributed by atoms with Crippen molar-refractivity contribution >= 4 is 17.2 Å². The lowest BCUT2D eigenvalue weighted by atomic mass is 10.0. The van der Waals surface area contributed by atoms with Crippen LogP contribution in [0.1, 0.15) is 27.0 Å². The number of aromatic amines is 1. The van der Waals surface area contributed by atoms with Crippen LogP contribution in [0.15, 0.2) is 30.3 Å². The molecule has 0 aliphatic heterocycles. The van der Waals surface area contributed by atoms with Crippen molar-refractivity contribution in [3.63, 3.8) is 0 Å². The zero-order chi connectivity index (χ0) is 15.9. The van der Waals surface area contributed by atoms with Gasteiger partial charge >= 0.3 is 0 Å². The van der Waals surface area contributed by atoms with Gasteiger partial charge in [-0.3, -0.25) is 4.79 Å². The average molecular weight is 293 g/mol. The topological polar surface area (TPSA) is 42.1 Å². The molecule has 0 saturated carbocycles. The lowest BCUT2D eigenvalue weighted by Crippen LogP contribution is -1.89. The maximum atomic E-state index is 11.7. The van der Waals surface area contributed by atoms with Gasteiger partial charge in [0.15, 0.2) is 6.29 Å². The highest BCUT2D eigenvalue weighted by Crippen LogP contribution is 2.33. The fraction of sp³-hybridized carbons (Fsp3) is 0.211. The second kappa shape index (κ2) is 5.34. The number of carbonyl (C=O) groups excluding carboxylic acids is 1. The fourth-order valence-electron chi connectivity index (χ4n) is 3.06. The SMILES string of the molecule is COc1ccc(-c2[nH]c3c(C)cc(C)cc3c2C=O)cc1C. The van der Waals surface area contributed by atoms with E-state index in [1.54, 1.807) is 7.11 Å². The zero-order valence-electron chi connectivity index (χ0n) is 13.3. The molecule has 0 saturated heterocycles. The van der Waals surface area contributed by atoms with E-state index in [2.05, 4.69) is 24.0 Å². The van der Waals surface area contributed by atoms with Gasteiger partial charge in [-0.05, 0) is 61.7 Å². The Morgan fingerprint density at radius 2 is 1.82 bits per heavy atom. The summed E-state index contributed by atoms with van der Waals surface area (Å²) in [4.78, 5) is 15.1. The number of aryl methyl sites for hydroxylation is 3. The Hall–Kier alpha value is -2.55. The number of aromatic nitrogens is 1. The summed E-state index contributed by atoms with van der Waals surface area (Å²) in [6.45, 7) is 6.11. The molecule has 0 fully saturated rings. The fourth-order valence-corrected chi connectivity index (χ4v) is 3.06. The van der Waals surface area contributed by atoms with Crippen molar-refractivity contribution in [3.8, 4) is 17.0 Å². The Labute approximate surface area is 129 Å². The summed E-state index contributed by atoms with van der Waals surface area (Å²) in [7, 11) is 1.66. The number of aldehydes is 1. The van der Waals surface area contributed by atoms with Gasteiger partial charge in [-0.25, -0.2) is 0 Å². The number of hydrogen-bond acceptors (Lipinski definition) is 2. The summed E-state index contributed by atoms with van der Waals surface area (Å²) in [6.07, 6.45) is 0.937. The molecule has 22 heavy (non-hydrogen) atoms. The predicted molar refractivity (Wildman–Crippen MR) is 89.9 cm³/mol. The van der Waals surface area contributed by atoms with Gasteiger partial charge in [0, 0.05) is 16.5 Å². The number of carbonyl (C=O) groups is 1. The molecule has 1 aromatic heterocycles. The monoisotopic (exact) mass is 293 g/mol. The lowest BCUT2D eigenvalue weighted by molar-refractivity contribution is 0.112. The van der Waals surface area contributed by atoms with E-state index in [0.717, 1.165) is 50.9 Å². The summed E-state index contributed by atoms with van der Waals surface area (Å²) >= 11 is 0. The minimum atomic E-state index is 0.714. The summed E-state index contributed by atoms with van der Waals surface area (Å²) in [5.41, 5.74) is 6.95. The smallest absolute Gasteiger partial charge is 0.152 e. The van der Waals surface area contributed by atoms with Crippen LogP contribution in [0, 0.1) is 20.8 Å². The van der Waals surface area contributed by atoms with E-state index < -0.39 is 0 Å². The van der Waals surface area contributed by atoms with Gasteiger partial charge in [0.25, 0.3) is 0 Å². The number of nitrogens with one attached hydrogen (secondary N) is 1. The summed E-state index contributed by atoms with van der Waals surface area (Å²) in [6, 6.07) is 10.1. The first-order valence-electron chi connectivity index (χ1n) is 7.28. The zero-order valence-corrected chi connectivity index (χ0v) is 13.3. The minimum absolute atomic E-state index is 0.714. The number of ether oxygens (including phenoxy) is 1. The molecule has 0 unspecified atom stereocenters. The second-order valence-electron chi connectivity index (χ2n) is 5.72. The van der Waals surface area contributed by atoms with Gasteiger partial charge in [-0.2, -0.15) is 0 Å². The molecular weight excluding hydrogens is 274 g/mol. The Morgan fingerprint density at radius 3 is 2.45 bits per heavy atom. The normalized spacial score (nSPS) is 10.9. The quantitative estimate of drug-likeness (QED) is 0.718. The third kappa shape index (κ3) is 2.19. The molecule has 3 heteroatoms. The molecule has 3 rings (SSSR count). The Morgan fingerprint density at radius 1 is 1.05 bits per heavy atom. The number of benzene rings is 2. The van der Waals surface area contributed by atoms with Gasteiger partial charge in [0.1, 0.15) is 5.75 Å². The molecule has 0 aliphatic carbocycles. The Kier molecular flexibility index (Phi) is 3.49. The highest BCUT2D eigenvalue weighted by Gasteiger charge is 2.15. The lowest BCUT2D eigenvalue weighted by Gasteiger charge is -2.07. The number of hydrogen-bond donors (Lipinski definition) is 1. The van der Waals surface area contributed by atoms with E-state index in [1.165, 1.54) is 0 Å². The van der Waals surface area contributed by atoms with Crippen LogP contribution < -0.4 is 4.74 Å². The molecule has 0 radical (unpaired) electrons. The van der Waals surface area contributed by atoms with E-state index in [0.29, 0.717) is 5.56 Å². The molecule has 3 nitrogen and oxygen atoms in total. The molecule has 0 bridgehead atoms. The molecule has 1 heterocycles. The van der Waals surface area contributed by atoms with Crippen molar-refractivity contribution in [2.75, 3.05) is 7.11 Å². The Balaban J connectivity index is 2.29. The highest BCUT2D eigenvalue weighted by atomic mass is 16.5.